The van der Waals surface area contributed by atoms with Gasteiger partial charge in [-0.1, -0.05) is 82.7 Å². The Morgan fingerprint density at radius 2 is 1.78 bits per heavy atom. The van der Waals surface area contributed by atoms with E-state index < -0.39 is 5.60 Å². The van der Waals surface area contributed by atoms with Crippen LogP contribution in [0.3, 0.4) is 0 Å². The van der Waals surface area contributed by atoms with Gasteiger partial charge in [0.2, 0.25) is 0 Å². The van der Waals surface area contributed by atoms with E-state index in [0.29, 0.717) is 25.2 Å². The fraction of sp³-hybridized carbons (Fsp3) is 0.487. The Morgan fingerprint density at radius 3 is 2.28 bits per heavy atom. The Bertz CT molecular complexity index is 1300. The highest BCUT2D eigenvalue weighted by Crippen LogP contribution is 2.31. The summed E-state index contributed by atoms with van der Waals surface area (Å²) in [4.78, 5) is 20.9. The van der Waals surface area contributed by atoms with Crippen LogP contribution in [0.2, 0.25) is 0 Å². The molecule has 0 bridgehead atoms. The van der Waals surface area contributed by atoms with Crippen molar-refractivity contribution in [3.63, 3.8) is 0 Å². The van der Waals surface area contributed by atoms with Crippen LogP contribution in [0.4, 0.5) is 8.78 Å². The van der Waals surface area contributed by atoms with Crippen molar-refractivity contribution in [3.05, 3.63) is 101 Å². The highest BCUT2D eigenvalue weighted by molar-refractivity contribution is 6.12. The maximum absolute atomic E-state index is 14.7. The molecule has 0 saturated carbocycles. The molecular weight excluding hydrogens is 580 g/mol. The maximum atomic E-state index is 14.7. The van der Waals surface area contributed by atoms with E-state index >= 15 is 0 Å². The highest BCUT2D eigenvalue weighted by Gasteiger charge is 2.35. The fourth-order valence-corrected chi connectivity index (χ4v) is 5.09. The molecule has 1 amide bonds. The van der Waals surface area contributed by atoms with Gasteiger partial charge in [0.15, 0.2) is 0 Å². The summed E-state index contributed by atoms with van der Waals surface area (Å²) in [6.07, 6.45) is 13.2. The lowest BCUT2D eigenvalue weighted by Crippen LogP contribution is -2.58. The van der Waals surface area contributed by atoms with Gasteiger partial charge in [-0.05, 0) is 85.1 Å². The molecule has 1 saturated heterocycles. The van der Waals surface area contributed by atoms with Crippen molar-refractivity contribution in [1.29, 1.82) is 0 Å². The number of aliphatic hydroxyl groups is 1. The molecule has 1 aliphatic rings. The van der Waals surface area contributed by atoms with E-state index in [1.165, 1.54) is 32.2 Å². The van der Waals surface area contributed by atoms with E-state index in [9.17, 15) is 18.7 Å². The number of nitrogens with zero attached hydrogens (tertiary/aromatic N) is 3. The van der Waals surface area contributed by atoms with Crippen LogP contribution in [0, 0.1) is 5.82 Å². The van der Waals surface area contributed by atoms with Crippen molar-refractivity contribution >= 4 is 17.2 Å². The quantitative estimate of drug-likeness (QED) is 0.194. The molecule has 1 aromatic carbocycles. The van der Waals surface area contributed by atoms with E-state index in [1.807, 2.05) is 73.6 Å². The van der Waals surface area contributed by atoms with Crippen molar-refractivity contribution in [3.8, 4) is 0 Å². The van der Waals surface area contributed by atoms with Crippen molar-refractivity contribution in [1.82, 2.24) is 9.80 Å². The molecule has 256 valence electrons. The number of halogens is 2. The predicted octanol–water partition coefficient (Wildman–Crippen LogP) is 9.99. The van der Waals surface area contributed by atoms with E-state index in [4.69, 9.17) is 0 Å². The first-order chi connectivity index (χ1) is 21.7. The van der Waals surface area contributed by atoms with Gasteiger partial charge in [0.25, 0.3) is 5.91 Å². The monoisotopic (exact) mass is 639 g/mol. The first-order valence-corrected chi connectivity index (χ1v) is 16.5. The number of piperazine rings is 1. The van der Waals surface area contributed by atoms with Gasteiger partial charge in [-0.3, -0.25) is 9.79 Å². The minimum atomic E-state index is -1.40. The zero-order valence-electron chi connectivity index (χ0n) is 30.3. The first-order valence-electron chi connectivity index (χ1n) is 16.5. The Balaban J connectivity index is 0.00000113. The van der Waals surface area contributed by atoms with Gasteiger partial charge in [0, 0.05) is 54.4 Å². The number of carbonyl (C=O) groups excluding carboxylic acids is 1. The number of carbonyl (C=O) groups is 1. The van der Waals surface area contributed by atoms with Gasteiger partial charge >= 0.3 is 0 Å². The molecular formula is C39H59F2N3O2. The lowest BCUT2D eigenvalue weighted by Gasteiger charge is -2.43. The van der Waals surface area contributed by atoms with Crippen molar-refractivity contribution < 1.29 is 18.7 Å². The van der Waals surface area contributed by atoms with Gasteiger partial charge in [-0.25, -0.2) is 8.78 Å². The van der Waals surface area contributed by atoms with Crippen LogP contribution in [0.25, 0.3) is 5.57 Å². The molecule has 1 heterocycles. The lowest BCUT2D eigenvalue weighted by atomic mass is 9.92. The van der Waals surface area contributed by atoms with E-state index in [2.05, 4.69) is 23.4 Å². The molecule has 0 aromatic heterocycles. The minimum absolute atomic E-state index is 0.0805. The molecule has 2 rings (SSSR count). The van der Waals surface area contributed by atoms with Gasteiger partial charge in [-0.2, -0.15) is 0 Å². The molecule has 1 atom stereocenters. The number of rotatable bonds is 11. The van der Waals surface area contributed by atoms with Gasteiger partial charge in [-0.15, -0.1) is 0 Å². The summed E-state index contributed by atoms with van der Waals surface area (Å²) in [5.74, 6) is -0.719. The van der Waals surface area contributed by atoms with E-state index in [1.54, 1.807) is 29.2 Å². The van der Waals surface area contributed by atoms with Crippen LogP contribution in [0.1, 0.15) is 101 Å². The summed E-state index contributed by atoms with van der Waals surface area (Å²) in [5.41, 5.74) is 3.53. The number of benzene rings is 1. The molecule has 1 aromatic rings. The maximum Gasteiger partial charge on any atom is 0.254 e. The average Bonchev–Trinajstić information content (AvgIpc) is 3.00. The highest BCUT2D eigenvalue weighted by atomic mass is 19.1. The summed E-state index contributed by atoms with van der Waals surface area (Å²) in [7, 11) is 0. The molecule has 5 nitrogen and oxygen atoms in total. The molecule has 1 fully saturated rings. The van der Waals surface area contributed by atoms with E-state index in [0.717, 1.165) is 47.4 Å². The summed E-state index contributed by atoms with van der Waals surface area (Å²) >= 11 is 0. The second-order valence-electron chi connectivity index (χ2n) is 11.5. The van der Waals surface area contributed by atoms with Crippen molar-refractivity contribution in [2.75, 3.05) is 19.6 Å². The third kappa shape index (κ3) is 13.8. The number of hydrogen-bond acceptors (Lipinski definition) is 4. The zero-order valence-corrected chi connectivity index (χ0v) is 30.3. The molecule has 0 radical (unpaired) electrons. The molecule has 0 aliphatic carbocycles. The predicted molar refractivity (Wildman–Crippen MR) is 194 cm³/mol. The standard InChI is InChI=1S/C25H34FN3O2.C12H19F.C2H6/c1-8-20(21-12-10-11-13-22(21)26)23(18(4)27-9-2)19(5)28-14-15-29(17(3)16-28)24(30)25(6,7)31;1-4-6-7-9-12(13)10-11(3)8-5-2;1-2/h8-13,17,31H,2,14-16H2,1,3-7H3;6-7,9-10H,4-5,8H2,1-3H3;1-2H3/b20-8-,23-19-,27-18?;7-6+,11-10+,12-9+;. The van der Waals surface area contributed by atoms with Crippen LogP contribution in [-0.4, -0.2) is 57.8 Å². The third-order valence-electron chi connectivity index (χ3n) is 7.27. The Hall–Kier alpha value is -3.58. The molecule has 46 heavy (non-hydrogen) atoms. The number of aliphatic imine (C=N–C) groups is 1. The normalized spacial score (nSPS) is 17.1. The summed E-state index contributed by atoms with van der Waals surface area (Å²) in [6, 6.07) is 6.63. The molecule has 1 unspecified atom stereocenters. The van der Waals surface area contributed by atoms with Gasteiger partial charge in [0.05, 0.1) is 0 Å². The molecule has 1 N–H and O–H groups in total. The number of amides is 1. The second-order valence-corrected chi connectivity index (χ2v) is 11.5. The van der Waals surface area contributed by atoms with Gasteiger partial charge < -0.3 is 14.9 Å². The van der Waals surface area contributed by atoms with Crippen LogP contribution in [0.5, 0.6) is 0 Å². The minimum Gasteiger partial charge on any atom is -0.381 e. The fourth-order valence-electron chi connectivity index (χ4n) is 5.09. The smallest absolute Gasteiger partial charge is 0.254 e. The van der Waals surface area contributed by atoms with Crippen LogP contribution < -0.4 is 0 Å². The average molecular weight is 640 g/mol. The first kappa shape index (κ1) is 42.4. The summed E-state index contributed by atoms with van der Waals surface area (Å²) < 4.78 is 27.7. The van der Waals surface area contributed by atoms with E-state index in [-0.39, 0.29) is 23.6 Å². The Labute approximate surface area is 278 Å². The number of hydrogen-bond donors (Lipinski definition) is 1. The SMILES string of the molecule is C=CN=C(C)C(/C(=C\C)c1ccccc1F)=C(\C)N1CCN(C(=O)C(C)(C)O)C(C)C1.CC.CC/C=C/C=C(F)\C=C(/C)CCC. The molecule has 0 spiro atoms. The number of allylic oxidation sites excluding steroid dienone is 10. The van der Waals surface area contributed by atoms with Crippen LogP contribution in [0.15, 0.2) is 95.1 Å². The Kier molecular flexibility index (Phi) is 20.3. The zero-order chi connectivity index (χ0) is 35.4. The van der Waals surface area contributed by atoms with Gasteiger partial charge in [0.1, 0.15) is 17.2 Å². The molecule has 1 aliphatic heterocycles. The summed E-state index contributed by atoms with van der Waals surface area (Å²) in [5, 5.41) is 10.1. The largest absolute Gasteiger partial charge is 0.381 e. The molecule has 7 heteroatoms. The summed E-state index contributed by atoms with van der Waals surface area (Å²) in [6.45, 7) is 26.3. The van der Waals surface area contributed by atoms with Crippen LogP contribution >= 0.6 is 0 Å². The lowest BCUT2D eigenvalue weighted by molar-refractivity contribution is -0.152. The third-order valence-corrected chi connectivity index (χ3v) is 7.27. The Morgan fingerprint density at radius 1 is 1.15 bits per heavy atom. The van der Waals surface area contributed by atoms with Crippen molar-refractivity contribution in [2.24, 2.45) is 4.99 Å². The topological polar surface area (TPSA) is 56.1 Å². The van der Waals surface area contributed by atoms with Crippen LogP contribution in [-0.2, 0) is 4.79 Å². The second kappa shape index (κ2) is 22.0. The van der Waals surface area contributed by atoms with Crippen molar-refractivity contribution in [2.45, 2.75) is 107 Å².